The summed E-state index contributed by atoms with van der Waals surface area (Å²) in [6.07, 6.45) is 6.98. The Kier molecular flexibility index (Phi) is 4.70. The molecule has 1 saturated carbocycles. The molecule has 2 aromatic heterocycles. The van der Waals surface area contributed by atoms with Crippen molar-refractivity contribution in [2.24, 2.45) is 5.92 Å². The molecule has 6 heteroatoms. The van der Waals surface area contributed by atoms with Crippen molar-refractivity contribution in [3.8, 4) is 11.5 Å². The van der Waals surface area contributed by atoms with Crippen LogP contribution in [0, 0.1) is 5.92 Å². The Morgan fingerprint density at radius 3 is 2.60 bits per heavy atom. The number of pyridine rings is 1. The monoisotopic (exact) mass is 340 g/mol. The second-order valence-electron chi connectivity index (χ2n) is 7.46. The maximum Gasteiger partial charge on any atom is 0.199 e. The quantitative estimate of drug-likeness (QED) is 0.927. The first-order chi connectivity index (χ1) is 12.2. The molecule has 0 radical (unpaired) electrons. The Labute approximate surface area is 149 Å². The number of H-pyrrole nitrogens is 1. The summed E-state index contributed by atoms with van der Waals surface area (Å²) in [6.45, 7) is 8.97. The molecule has 0 spiro atoms. The van der Waals surface area contributed by atoms with Gasteiger partial charge in [-0.2, -0.15) is 5.10 Å². The minimum absolute atomic E-state index is 0.684. The summed E-state index contributed by atoms with van der Waals surface area (Å²) in [7, 11) is 0. The van der Waals surface area contributed by atoms with E-state index in [1.54, 1.807) is 0 Å². The number of piperazine rings is 1. The highest BCUT2D eigenvalue weighted by Gasteiger charge is 2.29. The molecule has 1 saturated heterocycles. The molecule has 6 nitrogen and oxygen atoms in total. The third-order valence-corrected chi connectivity index (χ3v) is 5.71. The lowest BCUT2D eigenvalue weighted by Gasteiger charge is -2.39. The van der Waals surface area contributed by atoms with Crippen molar-refractivity contribution in [1.82, 2.24) is 25.1 Å². The van der Waals surface area contributed by atoms with Crippen molar-refractivity contribution in [2.75, 3.05) is 31.1 Å². The number of anilines is 1. The predicted octanol–water partition coefficient (Wildman–Crippen LogP) is 2.74. The Morgan fingerprint density at radius 2 is 2.00 bits per heavy atom. The van der Waals surface area contributed by atoms with Crippen LogP contribution < -0.4 is 4.90 Å². The zero-order chi connectivity index (χ0) is 17.2. The van der Waals surface area contributed by atoms with E-state index in [1.165, 1.54) is 38.0 Å². The van der Waals surface area contributed by atoms with E-state index in [1.807, 2.05) is 12.3 Å². The summed E-state index contributed by atoms with van der Waals surface area (Å²) >= 11 is 0. The number of hydrogen-bond acceptors (Lipinski definition) is 5. The highest BCUT2D eigenvalue weighted by molar-refractivity contribution is 5.54. The number of aromatic nitrogens is 4. The lowest BCUT2D eigenvalue weighted by Crippen LogP contribution is -2.49. The molecule has 0 aromatic carbocycles. The van der Waals surface area contributed by atoms with E-state index < -0.39 is 0 Å². The van der Waals surface area contributed by atoms with E-state index in [0.29, 0.717) is 5.82 Å². The van der Waals surface area contributed by atoms with Gasteiger partial charge in [0, 0.05) is 38.6 Å². The fourth-order valence-electron chi connectivity index (χ4n) is 4.13. The summed E-state index contributed by atoms with van der Waals surface area (Å²) < 4.78 is 0. The second-order valence-corrected chi connectivity index (χ2v) is 7.46. The smallest absolute Gasteiger partial charge is 0.199 e. The number of aromatic amines is 1. The Balaban J connectivity index is 1.36. The molecule has 2 fully saturated rings. The minimum Gasteiger partial charge on any atom is -0.368 e. The van der Waals surface area contributed by atoms with Gasteiger partial charge in [-0.15, -0.1) is 0 Å². The molecule has 0 bridgehead atoms. The van der Waals surface area contributed by atoms with Crippen LogP contribution >= 0.6 is 0 Å². The summed E-state index contributed by atoms with van der Waals surface area (Å²) in [6, 6.07) is 5.00. The third-order valence-electron chi connectivity index (χ3n) is 5.71. The van der Waals surface area contributed by atoms with Crippen molar-refractivity contribution in [3.63, 3.8) is 0 Å². The summed E-state index contributed by atoms with van der Waals surface area (Å²) in [4.78, 5) is 14.2. The van der Waals surface area contributed by atoms with Gasteiger partial charge < -0.3 is 4.90 Å². The largest absolute Gasteiger partial charge is 0.368 e. The zero-order valence-electron chi connectivity index (χ0n) is 15.3. The van der Waals surface area contributed by atoms with Gasteiger partial charge in [0.1, 0.15) is 11.5 Å². The van der Waals surface area contributed by atoms with Crippen LogP contribution in [0.25, 0.3) is 11.5 Å². The first kappa shape index (κ1) is 16.5. The van der Waals surface area contributed by atoms with Gasteiger partial charge in [-0.05, 0) is 37.3 Å². The molecule has 2 atom stereocenters. The van der Waals surface area contributed by atoms with Crippen molar-refractivity contribution in [2.45, 2.75) is 45.6 Å². The Morgan fingerprint density at radius 1 is 1.16 bits per heavy atom. The second kappa shape index (κ2) is 7.12. The maximum atomic E-state index is 4.58. The SMILES string of the molecule is CCc1nc(-c2ccc(N3CCN(C4CCC(C)C4)CC3)cn2)n[nH]1. The third kappa shape index (κ3) is 3.54. The number of nitrogens with zero attached hydrogens (tertiary/aromatic N) is 5. The molecular formula is C19H28N6. The zero-order valence-corrected chi connectivity index (χ0v) is 15.3. The number of rotatable bonds is 4. The number of hydrogen-bond donors (Lipinski definition) is 1. The molecule has 2 aliphatic rings. The van der Waals surface area contributed by atoms with Crippen LogP contribution in [0.3, 0.4) is 0 Å². The molecule has 1 aliphatic heterocycles. The van der Waals surface area contributed by atoms with Crippen LogP contribution in [-0.4, -0.2) is 57.3 Å². The van der Waals surface area contributed by atoms with Crippen molar-refractivity contribution < 1.29 is 0 Å². The molecule has 3 heterocycles. The highest BCUT2D eigenvalue weighted by Crippen LogP contribution is 2.30. The lowest BCUT2D eigenvalue weighted by molar-refractivity contribution is 0.184. The number of aryl methyl sites for hydroxylation is 1. The van der Waals surface area contributed by atoms with Crippen LogP contribution in [0.1, 0.15) is 38.9 Å². The number of nitrogens with one attached hydrogen (secondary N) is 1. The summed E-state index contributed by atoms with van der Waals surface area (Å²) in [5, 5.41) is 7.19. The van der Waals surface area contributed by atoms with Crippen LogP contribution in [0.4, 0.5) is 5.69 Å². The summed E-state index contributed by atoms with van der Waals surface area (Å²) in [5.74, 6) is 2.49. The van der Waals surface area contributed by atoms with Crippen molar-refractivity contribution in [3.05, 3.63) is 24.2 Å². The van der Waals surface area contributed by atoms with E-state index in [2.05, 4.69) is 49.9 Å². The van der Waals surface area contributed by atoms with Crippen LogP contribution in [0.15, 0.2) is 18.3 Å². The molecule has 2 unspecified atom stereocenters. The molecule has 0 amide bonds. The van der Waals surface area contributed by atoms with Gasteiger partial charge in [-0.25, -0.2) is 4.98 Å². The van der Waals surface area contributed by atoms with Gasteiger partial charge in [0.05, 0.1) is 11.9 Å². The predicted molar refractivity (Wildman–Crippen MR) is 99.6 cm³/mol. The fraction of sp³-hybridized carbons (Fsp3) is 0.632. The van der Waals surface area contributed by atoms with E-state index in [4.69, 9.17) is 0 Å². The van der Waals surface area contributed by atoms with Gasteiger partial charge in [0.25, 0.3) is 0 Å². The van der Waals surface area contributed by atoms with E-state index >= 15 is 0 Å². The van der Waals surface area contributed by atoms with Crippen LogP contribution in [0.5, 0.6) is 0 Å². The van der Waals surface area contributed by atoms with Crippen molar-refractivity contribution in [1.29, 1.82) is 0 Å². The lowest BCUT2D eigenvalue weighted by atomic mass is 10.1. The summed E-state index contributed by atoms with van der Waals surface area (Å²) in [5.41, 5.74) is 2.03. The topological polar surface area (TPSA) is 60.9 Å². The standard InChI is InChI=1S/C19H28N6/c1-3-18-21-19(23-22-18)17-7-6-16(13-20-17)25-10-8-24(9-11-25)15-5-4-14(2)12-15/h6-7,13-15H,3-5,8-12H2,1-2H3,(H,21,22,23). The van der Waals surface area contributed by atoms with Crippen LogP contribution in [0.2, 0.25) is 0 Å². The van der Waals surface area contributed by atoms with Gasteiger partial charge in [-0.3, -0.25) is 15.0 Å². The van der Waals surface area contributed by atoms with Crippen LogP contribution in [-0.2, 0) is 6.42 Å². The molecule has 1 aliphatic carbocycles. The van der Waals surface area contributed by atoms with Crippen molar-refractivity contribution >= 4 is 5.69 Å². The highest BCUT2D eigenvalue weighted by atomic mass is 15.3. The maximum absolute atomic E-state index is 4.58. The van der Waals surface area contributed by atoms with E-state index in [9.17, 15) is 0 Å². The van der Waals surface area contributed by atoms with Gasteiger partial charge >= 0.3 is 0 Å². The molecule has 134 valence electrons. The first-order valence-corrected chi connectivity index (χ1v) is 9.59. The van der Waals surface area contributed by atoms with Gasteiger partial charge in [-0.1, -0.05) is 13.8 Å². The first-order valence-electron chi connectivity index (χ1n) is 9.59. The van der Waals surface area contributed by atoms with Gasteiger partial charge in [0.15, 0.2) is 5.82 Å². The molecule has 25 heavy (non-hydrogen) atoms. The minimum atomic E-state index is 0.684. The molecule has 2 aromatic rings. The van der Waals surface area contributed by atoms with Gasteiger partial charge in [0.2, 0.25) is 0 Å². The Bertz CT molecular complexity index is 686. The molecule has 4 rings (SSSR count). The fourth-order valence-corrected chi connectivity index (χ4v) is 4.13. The van der Waals surface area contributed by atoms with E-state index in [0.717, 1.165) is 43.0 Å². The normalized spacial score (nSPS) is 24.8. The average Bonchev–Trinajstić information content (AvgIpc) is 3.31. The molecule has 1 N–H and O–H groups in total. The molecular weight excluding hydrogens is 312 g/mol. The average molecular weight is 340 g/mol. The Hall–Kier alpha value is -1.95. The van der Waals surface area contributed by atoms with E-state index in [-0.39, 0.29) is 0 Å².